The predicted octanol–water partition coefficient (Wildman–Crippen LogP) is 3.09. The summed E-state index contributed by atoms with van der Waals surface area (Å²) in [5, 5.41) is 0. The van der Waals surface area contributed by atoms with E-state index in [0.717, 1.165) is 25.4 Å². The fourth-order valence-electron chi connectivity index (χ4n) is 2.49. The van der Waals surface area contributed by atoms with Crippen LogP contribution in [0.1, 0.15) is 52.9 Å². The smallest absolute Gasteiger partial charge is 0.224 e. The number of nitrogens with zero attached hydrogens (tertiary/aromatic N) is 1. The third-order valence-corrected chi connectivity index (χ3v) is 3.84. The molecule has 0 saturated heterocycles. The number of carbonyl (C=O) groups excluding carboxylic acids is 1. The van der Waals surface area contributed by atoms with Gasteiger partial charge in [0, 0.05) is 19.7 Å². The quantitative estimate of drug-likeness (QED) is 0.683. The van der Waals surface area contributed by atoms with Crippen molar-refractivity contribution in [3.05, 3.63) is 0 Å². The monoisotopic (exact) mass is 255 g/mol. The number of hydrogen-bond acceptors (Lipinski definition) is 2. The van der Waals surface area contributed by atoms with Gasteiger partial charge in [0.1, 0.15) is 0 Å². The van der Waals surface area contributed by atoms with Crippen molar-refractivity contribution >= 4 is 5.91 Å². The summed E-state index contributed by atoms with van der Waals surface area (Å²) in [5.74, 6) is 1.61. The fraction of sp³-hybridized carbons (Fsp3) is 0.933. The molecule has 106 valence electrons. The number of hydrogen-bond donors (Lipinski definition) is 0. The lowest BCUT2D eigenvalue weighted by Gasteiger charge is -2.33. The van der Waals surface area contributed by atoms with Crippen molar-refractivity contribution in [3.8, 4) is 0 Å². The highest BCUT2D eigenvalue weighted by Gasteiger charge is 2.24. The molecule has 1 fully saturated rings. The molecule has 0 bridgehead atoms. The average Bonchev–Trinajstić information content (AvgIpc) is 2.34. The van der Waals surface area contributed by atoms with Crippen LogP contribution in [-0.4, -0.2) is 37.1 Å². The summed E-state index contributed by atoms with van der Waals surface area (Å²) >= 11 is 0. The van der Waals surface area contributed by atoms with Crippen molar-refractivity contribution in [1.29, 1.82) is 0 Å². The van der Waals surface area contributed by atoms with Gasteiger partial charge in [-0.15, -0.1) is 0 Å². The normalized spacial score (nSPS) is 24.3. The Morgan fingerprint density at radius 3 is 2.44 bits per heavy atom. The third-order valence-electron chi connectivity index (χ3n) is 3.84. The van der Waals surface area contributed by atoms with E-state index in [0.29, 0.717) is 25.0 Å². The van der Waals surface area contributed by atoms with Gasteiger partial charge >= 0.3 is 0 Å². The van der Waals surface area contributed by atoms with E-state index in [-0.39, 0.29) is 5.91 Å². The first-order chi connectivity index (χ1) is 8.50. The molecular weight excluding hydrogens is 226 g/mol. The molecule has 0 spiro atoms. The fourth-order valence-corrected chi connectivity index (χ4v) is 2.49. The van der Waals surface area contributed by atoms with Crippen LogP contribution in [-0.2, 0) is 9.53 Å². The molecule has 3 heteroatoms. The van der Waals surface area contributed by atoms with E-state index >= 15 is 0 Å². The summed E-state index contributed by atoms with van der Waals surface area (Å²) in [4.78, 5) is 14.0. The SMILES string of the molecule is CC(C)COCCC(=O)N(C)C1CCC(C)CC1. The third kappa shape index (κ3) is 5.38. The first kappa shape index (κ1) is 15.5. The first-order valence-electron chi connectivity index (χ1n) is 7.34. The summed E-state index contributed by atoms with van der Waals surface area (Å²) < 4.78 is 5.47. The van der Waals surface area contributed by atoms with Gasteiger partial charge in [0.05, 0.1) is 13.0 Å². The molecule has 1 amide bonds. The Kier molecular flexibility index (Phi) is 6.69. The number of carbonyl (C=O) groups is 1. The van der Waals surface area contributed by atoms with Gasteiger partial charge in [-0.25, -0.2) is 0 Å². The molecule has 0 aromatic carbocycles. The summed E-state index contributed by atoms with van der Waals surface area (Å²) in [6.07, 6.45) is 5.36. The van der Waals surface area contributed by atoms with Crippen LogP contribution in [0.5, 0.6) is 0 Å². The molecule has 0 radical (unpaired) electrons. The average molecular weight is 255 g/mol. The maximum atomic E-state index is 12.0. The molecule has 0 N–H and O–H groups in total. The maximum Gasteiger partial charge on any atom is 0.224 e. The Morgan fingerprint density at radius 1 is 1.28 bits per heavy atom. The summed E-state index contributed by atoms with van der Waals surface area (Å²) in [5.41, 5.74) is 0. The van der Waals surface area contributed by atoms with Crippen LogP contribution in [0.15, 0.2) is 0 Å². The molecule has 0 aliphatic heterocycles. The maximum absolute atomic E-state index is 12.0. The van der Waals surface area contributed by atoms with Crippen molar-refractivity contribution < 1.29 is 9.53 Å². The van der Waals surface area contributed by atoms with Gasteiger partial charge in [0.2, 0.25) is 5.91 Å². The summed E-state index contributed by atoms with van der Waals surface area (Å²) in [7, 11) is 1.95. The number of ether oxygens (including phenoxy) is 1. The zero-order chi connectivity index (χ0) is 13.5. The Hall–Kier alpha value is -0.570. The molecule has 1 aliphatic carbocycles. The van der Waals surface area contributed by atoms with Gasteiger partial charge in [-0.3, -0.25) is 4.79 Å². The first-order valence-corrected chi connectivity index (χ1v) is 7.34. The summed E-state index contributed by atoms with van der Waals surface area (Å²) in [6.45, 7) is 7.86. The van der Waals surface area contributed by atoms with E-state index in [1.807, 2.05) is 11.9 Å². The lowest BCUT2D eigenvalue weighted by molar-refractivity contribution is -0.133. The molecular formula is C15H29NO2. The lowest BCUT2D eigenvalue weighted by Crippen LogP contribution is -2.39. The van der Waals surface area contributed by atoms with Crippen LogP contribution in [0.25, 0.3) is 0 Å². The van der Waals surface area contributed by atoms with Crippen LogP contribution in [0.2, 0.25) is 0 Å². The van der Waals surface area contributed by atoms with Gasteiger partial charge < -0.3 is 9.64 Å². The molecule has 1 aliphatic rings. The van der Waals surface area contributed by atoms with E-state index in [9.17, 15) is 4.79 Å². The second kappa shape index (κ2) is 7.78. The van der Waals surface area contributed by atoms with E-state index < -0.39 is 0 Å². The molecule has 3 nitrogen and oxygen atoms in total. The van der Waals surface area contributed by atoms with Crippen LogP contribution in [0.3, 0.4) is 0 Å². The van der Waals surface area contributed by atoms with Gasteiger partial charge in [-0.1, -0.05) is 20.8 Å². The number of amides is 1. The minimum absolute atomic E-state index is 0.235. The number of rotatable bonds is 6. The Balaban J connectivity index is 2.20. The molecule has 18 heavy (non-hydrogen) atoms. The van der Waals surface area contributed by atoms with Crippen molar-refractivity contribution in [3.63, 3.8) is 0 Å². The minimum atomic E-state index is 0.235. The summed E-state index contributed by atoms with van der Waals surface area (Å²) in [6, 6.07) is 0.457. The molecule has 0 atom stereocenters. The Labute approximate surface area is 112 Å². The minimum Gasteiger partial charge on any atom is -0.381 e. The molecule has 1 rings (SSSR count). The zero-order valence-corrected chi connectivity index (χ0v) is 12.4. The van der Waals surface area contributed by atoms with Crippen molar-refractivity contribution in [2.45, 2.75) is 58.9 Å². The van der Waals surface area contributed by atoms with E-state index in [1.165, 1.54) is 12.8 Å². The molecule has 0 aromatic rings. The highest BCUT2D eigenvalue weighted by atomic mass is 16.5. The van der Waals surface area contributed by atoms with Gasteiger partial charge in [0.15, 0.2) is 0 Å². The molecule has 1 saturated carbocycles. The molecule has 0 unspecified atom stereocenters. The molecule has 0 aromatic heterocycles. The predicted molar refractivity (Wildman–Crippen MR) is 74.5 cm³/mol. The standard InChI is InChI=1S/C15H29NO2/c1-12(2)11-18-10-9-15(17)16(4)14-7-5-13(3)6-8-14/h12-14H,5-11H2,1-4H3. The van der Waals surface area contributed by atoms with Crippen molar-refractivity contribution in [2.24, 2.45) is 11.8 Å². The second-order valence-electron chi connectivity index (χ2n) is 6.14. The highest BCUT2D eigenvalue weighted by Crippen LogP contribution is 2.26. The van der Waals surface area contributed by atoms with E-state index in [1.54, 1.807) is 0 Å². The van der Waals surface area contributed by atoms with Crippen LogP contribution < -0.4 is 0 Å². The van der Waals surface area contributed by atoms with Crippen LogP contribution >= 0.6 is 0 Å². The van der Waals surface area contributed by atoms with E-state index in [4.69, 9.17) is 4.74 Å². The molecule has 0 heterocycles. The van der Waals surface area contributed by atoms with Gasteiger partial charge in [-0.2, -0.15) is 0 Å². The van der Waals surface area contributed by atoms with Gasteiger partial charge in [0.25, 0.3) is 0 Å². The highest BCUT2D eigenvalue weighted by molar-refractivity contribution is 5.76. The second-order valence-corrected chi connectivity index (χ2v) is 6.14. The Morgan fingerprint density at radius 2 is 1.89 bits per heavy atom. The topological polar surface area (TPSA) is 29.5 Å². The van der Waals surface area contributed by atoms with Crippen molar-refractivity contribution in [2.75, 3.05) is 20.3 Å². The van der Waals surface area contributed by atoms with Gasteiger partial charge in [-0.05, 0) is 37.5 Å². The lowest BCUT2D eigenvalue weighted by atomic mass is 9.86. The van der Waals surface area contributed by atoms with Crippen molar-refractivity contribution in [1.82, 2.24) is 4.90 Å². The Bertz CT molecular complexity index is 245. The van der Waals surface area contributed by atoms with Crippen LogP contribution in [0, 0.1) is 11.8 Å². The largest absolute Gasteiger partial charge is 0.381 e. The zero-order valence-electron chi connectivity index (χ0n) is 12.4. The van der Waals surface area contributed by atoms with E-state index in [2.05, 4.69) is 20.8 Å². The van der Waals surface area contributed by atoms with Crippen LogP contribution in [0.4, 0.5) is 0 Å².